The van der Waals surface area contributed by atoms with Crippen molar-refractivity contribution in [1.29, 1.82) is 0 Å². The van der Waals surface area contributed by atoms with Gasteiger partial charge in [0.05, 0.1) is 25.9 Å². The first-order valence-corrected chi connectivity index (χ1v) is 11.6. The second-order valence-electron chi connectivity index (χ2n) is 8.51. The zero-order chi connectivity index (χ0) is 25.7. The number of alkyl carbamates (subject to hydrolysis) is 1. The topological polar surface area (TPSA) is 114 Å². The Hall–Kier alpha value is -3.88. The molecule has 1 amide bonds. The van der Waals surface area contributed by atoms with Crippen molar-refractivity contribution in [2.24, 2.45) is 0 Å². The standard InChI is InChI=1S/C28H29NO7/c1-34-25-14-22(26(35-2)13-17(25)15-30)27(32)24(31)11-12-29-28(33)36-16-23-20-9-5-3-7-18(20)19-8-4-6-10-21(19)23/h3-10,13-15,23-24,27,31-32H,11-12,16H2,1-2H3,(H,29,33). The van der Waals surface area contributed by atoms with Crippen LogP contribution in [0.15, 0.2) is 60.7 Å². The lowest BCUT2D eigenvalue weighted by atomic mass is 9.98. The first-order valence-electron chi connectivity index (χ1n) is 11.6. The molecule has 0 radical (unpaired) electrons. The number of rotatable bonds is 10. The van der Waals surface area contributed by atoms with Crippen LogP contribution in [0, 0.1) is 0 Å². The molecule has 3 aromatic rings. The molecule has 0 aliphatic heterocycles. The molecule has 0 bridgehead atoms. The first kappa shape index (κ1) is 25.2. The molecular formula is C28H29NO7. The summed E-state index contributed by atoms with van der Waals surface area (Å²) in [6, 6.07) is 19.1. The third-order valence-electron chi connectivity index (χ3n) is 6.45. The summed E-state index contributed by atoms with van der Waals surface area (Å²) in [5.74, 6) is 0.449. The van der Waals surface area contributed by atoms with E-state index in [0.29, 0.717) is 6.29 Å². The van der Waals surface area contributed by atoms with E-state index in [9.17, 15) is 19.8 Å². The van der Waals surface area contributed by atoms with E-state index >= 15 is 0 Å². The van der Waals surface area contributed by atoms with Gasteiger partial charge in [0.25, 0.3) is 0 Å². The summed E-state index contributed by atoms with van der Waals surface area (Å²) in [5.41, 5.74) is 5.07. The minimum absolute atomic E-state index is 0.0488. The predicted molar refractivity (Wildman–Crippen MR) is 134 cm³/mol. The largest absolute Gasteiger partial charge is 0.496 e. The van der Waals surface area contributed by atoms with E-state index in [4.69, 9.17) is 14.2 Å². The molecule has 3 N–H and O–H groups in total. The fourth-order valence-electron chi connectivity index (χ4n) is 4.60. The highest BCUT2D eigenvalue weighted by molar-refractivity contribution is 5.81. The van der Waals surface area contributed by atoms with Crippen molar-refractivity contribution in [1.82, 2.24) is 5.32 Å². The Kier molecular flexibility index (Phi) is 7.87. The van der Waals surface area contributed by atoms with Gasteiger partial charge in [-0.3, -0.25) is 4.79 Å². The number of ether oxygens (including phenoxy) is 3. The van der Waals surface area contributed by atoms with Crippen LogP contribution < -0.4 is 14.8 Å². The van der Waals surface area contributed by atoms with Crippen molar-refractivity contribution in [2.45, 2.75) is 24.5 Å². The summed E-state index contributed by atoms with van der Waals surface area (Å²) in [5, 5.41) is 23.8. The molecule has 3 aromatic carbocycles. The molecule has 2 atom stereocenters. The van der Waals surface area contributed by atoms with Crippen LogP contribution in [0.25, 0.3) is 11.1 Å². The summed E-state index contributed by atoms with van der Waals surface area (Å²) < 4.78 is 15.9. The average molecular weight is 492 g/mol. The van der Waals surface area contributed by atoms with Crippen LogP contribution in [0.5, 0.6) is 11.5 Å². The fourth-order valence-corrected chi connectivity index (χ4v) is 4.60. The molecular weight excluding hydrogens is 462 g/mol. The number of benzene rings is 3. The third-order valence-corrected chi connectivity index (χ3v) is 6.45. The van der Waals surface area contributed by atoms with Crippen LogP contribution in [0.1, 0.15) is 45.5 Å². The first-order chi connectivity index (χ1) is 17.5. The van der Waals surface area contributed by atoms with Crippen molar-refractivity contribution in [2.75, 3.05) is 27.4 Å². The van der Waals surface area contributed by atoms with Crippen molar-refractivity contribution >= 4 is 12.4 Å². The molecule has 1 aliphatic rings. The molecule has 0 spiro atoms. The molecule has 1 aliphatic carbocycles. The van der Waals surface area contributed by atoms with Crippen LogP contribution in [-0.2, 0) is 4.74 Å². The van der Waals surface area contributed by atoms with Crippen LogP contribution in [0.3, 0.4) is 0 Å². The van der Waals surface area contributed by atoms with Gasteiger partial charge < -0.3 is 29.7 Å². The Morgan fingerprint density at radius 3 is 2.17 bits per heavy atom. The third kappa shape index (κ3) is 5.05. The Labute approximate surface area is 209 Å². The Bertz CT molecular complexity index is 1200. The molecule has 0 heterocycles. The van der Waals surface area contributed by atoms with Crippen LogP contribution in [-0.4, -0.2) is 56.1 Å². The Morgan fingerprint density at radius 2 is 1.58 bits per heavy atom. The summed E-state index contributed by atoms with van der Waals surface area (Å²) in [7, 11) is 2.80. The minimum Gasteiger partial charge on any atom is -0.496 e. The molecule has 0 fully saturated rings. The van der Waals surface area contributed by atoms with E-state index in [-0.39, 0.29) is 48.1 Å². The number of carbonyl (C=O) groups is 2. The fraction of sp³-hybridized carbons (Fsp3) is 0.286. The molecule has 0 saturated carbocycles. The molecule has 36 heavy (non-hydrogen) atoms. The SMILES string of the molecule is COc1cc(C(O)C(O)CCNC(=O)OCC2c3ccccc3-c3ccccc32)c(OC)cc1C=O. The van der Waals surface area contributed by atoms with E-state index in [2.05, 4.69) is 17.4 Å². The Morgan fingerprint density at radius 1 is 0.972 bits per heavy atom. The van der Waals surface area contributed by atoms with E-state index < -0.39 is 18.3 Å². The van der Waals surface area contributed by atoms with E-state index in [0.717, 1.165) is 22.3 Å². The highest BCUT2D eigenvalue weighted by atomic mass is 16.5. The normalized spacial score (nSPS) is 13.8. The number of hydrogen-bond donors (Lipinski definition) is 3. The highest BCUT2D eigenvalue weighted by Crippen LogP contribution is 2.44. The quantitative estimate of drug-likeness (QED) is 0.369. The number of aliphatic hydroxyl groups is 2. The number of fused-ring (bicyclic) bond motifs is 3. The summed E-state index contributed by atoms with van der Waals surface area (Å²) >= 11 is 0. The van der Waals surface area contributed by atoms with Crippen molar-refractivity contribution in [3.63, 3.8) is 0 Å². The van der Waals surface area contributed by atoms with Gasteiger partial charge in [-0.25, -0.2) is 4.79 Å². The van der Waals surface area contributed by atoms with Crippen molar-refractivity contribution in [3.8, 4) is 22.6 Å². The maximum absolute atomic E-state index is 12.4. The molecule has 8 nitrogen and oxygen atoms in total. The smallest absolute Gasteiger partial charge is 0.407 e. The van der Waals surface area contributed by atoms with Crippen molar-refractivity contribution in [3.05, 3.63) is 82.9 Å². The molecule has 4 rings (SSSR count). The number of amides is 1. The zero-order valence-corrected chi connectivity index (χ0v) is 20.1. The van der Waals surface area contributed by atoms with Crippen LogP contribution >= 0.6 is 0 Å². The summed E-state index contributed by atoms with van der Waals surface area (Å²) in [4.78, 5) is 23.6. The zero-order valence-electron chi connectivity index (χ0n) is 20.1. The molecule has 2 unspecified atom stereocenters. The van der Waals surface area contributed by atoms with Gasteiger partial charge in [-0.15, -0.1) is 0 Å². The second kappa shape index (κ2) is 11.2. The minimum atomic E-state index is -1.32. The molecule has 0 aromatic heterocycles. The summed E-state index contributed by atoms with van der Waals surface area (Å²) in [6.45, 7) is 0.270. The Balaban J connectivity index is 1.32. The number of hydrogen-bond acceptors (Lipinski definition) is 7. The van der Waals surface area contributed by atoms with Gasteiger partial charge in [-0.05, 0) is 40.8 Å². The second-order valence-corrected chi connectivity index (χ2v) is 8.51. The highest BCUT2D eigenvalue weighted by Gasteiger charge is 2.29. The van der Waals surface area contributed by atoms with Crippen molar-refractivity contribution < 1.29 is 34.0 Å². The van der Waals surface area contributed by atoms with E-state index in [1.54, 1.807) is 0 Å². The van der Waals surface area contributed by atoms with Gasteiger partial charge in [-0.2, -0.15) is 0 Å². The van der Waals surface area contributed by atoms with Crippen LogP contribution in [0.4, 0.5) is 4.79 Å². The monoisotopic (exact) mass is 491 g/mol. The molecule has 0 saturated heterocycles. The lowest BCUT2D eigenvalue weighted by molar-refractivity contribution is 0.0122. The predicted octanol–water partition coefficient (Wildman–Crippen LogP) is 3.84. The number of aliphatic hydroxyl groups excluding tert-OH is 2. The number of methoxy groups -OCH3 is 2. The van der Waals surface area contributed by atoms with E-state index in [1.165, 1.54) is 26.4 Å². The lowest BCUT2D eigenvalue weighted by Gasteiger charge is -2.21. The molecule has 188 valence electrons. The van der Waals surface area contributed by atoms with Gasteiger partial charge in [0.1, 0.15) is 24.2 Å². The maximum Gasteiger partial charge on any atom is 0.407 e. The van der Waals surface area contributed by atoms with Gasteiger partial charge in [0.2, 0.25) is 0 Å². The van der Waals surface area contributed by atoms with Gasteiger partial charge >= 0.3 is 6.09 Å². The average Bonchev–Trinajstić information content (AvgIpc) is 3.24. The number of carbonyl (C=O) groups excluding carboxylic acids is 2. The number of aldehydes is 1. The maximum atomic E-state index is 12.4. The molecule has 8 heteroatoms. The van der Waals surface area contributed by atoms with E-state index in [1.807, 2.05) is 36.4 Å². The number of nitrogens with one attached hydrogen (secondary N) is 1. The summed E-state index contributed by atoms with van der Waals surface area (Å²) in [6.07, 6.45) is -2.45. The van der Waals surface area contributed by atoms with Gasteiger partial charge in [0, 0.05) is 18.0 Å². The lowest BCUT2D eigenvalue weighted by Crippen LogP contribution is -2.30. The van der Waals surface area contributed by atoms with Gasteiger partial charge in [-0.1, -0.05) is 48.5 Å². The van der Waals surface area contributed by atoms with Crippen LogP contribution in [0.2, 0.25) is 0 Å². The van der Waals surface area contributed by atoms with Gasteiger partial charge in [0.15, 0.2) is 6.29 Å².